The van der Waals surface area contributed by atoms with E-state index in [4.69, 9.17) is 0 Å². The van der Waals surface area contributed by atoms with Gasteiger partial charge in [0.25, 0.3) is 0 Å². The Morgan fingerprint density at radius 2 is 2.16 bits per heavy atom. The molecule has 0 aliphatic rings. The van der Waals surface area contributed by atoms with Gasteiger partial charge in [-0.15, -0.1) is 11.3 Å². The molecule has 0 bridgehead atoms. The van der Waals surface area contributed by atoms with E-state index >= 15 is 0 Å². The molecule has 1 aromatic carbocycles. The number of rotatable bonds is 6. The van der Waals surface area contributed by atoms with Crippen molar-refractivity contribution in [2.45, 2.75) is 20.0 Å². The van der Waals surface area contributed by atoms with Gasteiger partial charge in [-0.25, -0.2) is 4.39 Å². The summed E-state index contributed by atoms with van der Waals surface area (Å²) in [6.45, 7) is 4.47. The number of hydrogen-bond acceptors (Lipinski definition) is 3. The Morgan fingerprint density at radius 1 is 1.32 bits per heavy atom. The molecule has 1 N–H and O–H groups in total. The van der Waals surface area contributed by atoms with Crippen LogP contribution in [0.2, 0.25) is 0 Å². The van der Waals surface area contributed by atoms with E-state index in [1.54, 1.807) is 17.4 Å². The van der Waals surface area contributed by atoms with Crippen molar-refractivity contribution in [1.29, 1.82) is 0 Å². The second-order valence-electron chi connectivity index (χ2n) is 4.49. The Hall–Kier alpha value is -1.39. The van der Waals surface area contributed by atoms with Crippen molar-refractivity contribution in [2.24, 2.45) is 0 Å². The number of benzene rings is 1. The molecule has 4 heteroatoms. The van der Waals surface area contributed by atoms with Crippen molar-refractivity contribution in [1.82, 2.24) is 5.32 Å². The van der Waals surface area contributed by atoms with E-state index in [0.717, 1.165) is 24.3 Å². The van der Waals surface area contributed by atoms with Gasteiger partial charge < -0.3 is 10.2 Å². The number of halogens is 1. The lowest BCUT2D eigenvalue weighted by atomic mass is 10.1. The summed E-state index contributed by atoms with van der Waals surface area (Å²) in [5.41, 5.74) is 2.08. The molecule has 2 aromatic rings. The molecule has 2 rings (SSSR count). The van der Waals surface area contributed by atoms with Crippen LogP contribution >= 0.6 is 11.3 Å². The summed E-state index contributed by atoms with van der Waals surface area (Å²) in [5.74, 6) is -0.179. The first-order valence-corrected chi connectivity index (χ1v) is 7.31. The molecule has 102 valence electrons. The number of thiophene rings is 1. The fraction of sp³-hybridized carbons (Fsp3) is 0.333. The maximum atomic E-state index is 13.4. The summed E-state index contributed by atoms with van der Waals surface area (Å²) in [6, 6.07) is 9.17. The van der Waals surface area contributed by atoms with Crippen LogP contribution in [0.3, 0.4) is 0 Å². The Balaban J connectivity index is 2.17. The Labute approximate surface area is 117 Å². The molecule has 0 saturated carbocycles. The first-order valence-electron chi connectivity index (χ1n) is 6.43. The van der Waals surface area contributed by atoms with Gasteiger partial charge in [0, 0.05) is 24.2 Å². The van der Waals surface area contributed by atoms with Gasteiger partial charge >= 0.3 is 0 Å². The van der Waals surface area contributed by atoms with E-state index in [2.05, 4.69) is 27.7 Å². The second kappa shape index (κ2) is 6.68. The quantitative estimate of drug-likeness (QED) is 0.868. The number of anilines is 1. The Morgan fingerprint density at radius 3 is 2.84 bits per heavy atom. The van der Waals surface area contributed by atoms with Crippen LogP contribution in [-0.2, 0) is 13.1 Å². The minimum absolute atomic E-state index is 0.179. The first-order chi connectivity index (χ1) is 9.20. The zero-order valence-electron chi connectivity index (χ0n) is 11.3. The molecule has 1 aromatic heterocycles. The van der Waals surface area contributed by atoms with E-state index in [0.29, 0.717) is 6.54 Å². The van der Waals surface area contributed by atoms with Gasteiger partial charge in [-0.05, 0) is 41.8 Å². The standard InChI is InChI=1S/C15H19FN2S/c1-3-17-10-12-9-13(16)6-7-15(12)18(2)11-14-5-4-8-19-14/h4-9,17H,3,10-11H2,1-2H3. The van der Waals surface area contributed by atoms with Gasteiger partial charge in [0.2, 0.25) is 0 Å². The molecule has 0 atom stereocenters. The number of hydrogen-bond donors (Lipinski definition) is 1. The lowest BCUT2D eigenvalue weighted by molar-refractivity contribution is 0.621. The minimum Gasteiger partial charge on any atom is -0.369 e. The summed E-state index contributed by atoms with van der Waals surface area (Å²) in [5, 5.41) is 5.33. The summed E-state index contributed by atoms with van der Waals surface area (Å²) in [7, 11) is 2.04. The van der Waals surface area contributed by atoms with E-state index in [1.165, 1.54) is 10.9 Å². The van der Waals surface area contributed by atoms with E-state index in [9.17, 15) is 4.39 Å². The van der Waals surface area contributed by atoms with Gasteiger partial charge in [0.05, 0.1) is 6.54 Å². The molecule has 2 nitrogen and oxygen atoms in total. The van der Waals surface area contributed by atoms with Crippen molar-refractivity contribution in [3.63, 3.8) is 0 Å². The van der Waals surface area contributed by atoms with Crippen molar-refractivity contribution < 1.29 is 4.39 Å². The van der Waals surface area contributed by atoms with E-state index in [1.807, 2.05) is 20.0 Å². The largest absolute Gasteiger partial charge is 0.369 e. The average molecular weight is 278 g/mol. The van der Waals surface area contributed by atoms with Crippen molar-refractivity contribution in [2.75, 3.05) is 18.5 Å². The van der Waals surface area contributed by atoms with Crippen LogP contribution in [0.1, 0.15) is 17.4 Å². The van der Waals surface area contributed by atoms with Crippen LogP contribution in [0.25, 0.3) is 0 Å². The molecule has 19 heavy (non-hydrogen) atoms. The summed E-state index contributed by atoms with van der Waals surface area (Å²) in [4.78, 5) is 3.47. The van der Waals surface area contributed by atoms with Gasteiger partial charge in [-0.1, -0.05) is 13.0 Å². The highest BCUT2D eigenvalue weighted by Crippen LogP contribution is 2.23. The molecule has 0 saturated heterocycles. The first kappa shape index (κ1) is 14.0. The SMILES string of the molecule is CCNCc1cc(F)ccc1N(C)Cc1cccs1. The third kappa shape index (κ3) is 3.78. The van der Waals surface area contributed by atoms with Crippen molar-refractivity contribution >= 4 is 17.0 Å². The third-order valence-corrected chi connectivity index (χ3v) is 3.85. The van der Waals surface area contributed by atoms with Crippen LogP contribution in [0.5, 0.6) is 0 Å². The summed E-state index contributed by atoms with van der Waals surface area (Å²) >= 11 is 1.74. The monoisotopic (exact) mass is 278 g/mol. The summed E-state index contributed by atoms with van der Waals surface area (Å²) < 4.78 is 13.4. The third-order valence-electron chi connectivity index (χ3n) is 2.99. The zero-order chi connectivity index (χ0) is 13.7. The minimum atomic E-state index is -0.179. The van der Waals surface area contributed by atoms with Crippen LogP contribution in [0, 0.1) is 5.82 Å². The molecule has 0 fully saturated rings. The van der Waals surface area contributed by atoms with Crippen LogP contribution < -0.4 is 10.2 Å². The smallest absolute Gasteiger partial charge is 0.123 e. The van der Waals surface area contributed by atoms with Crippen molar-refractivity contribution in [3.05, 3.63) is 52.0 Å². The van der Waals surface area contributed by atoms with Gasteiger partial charge in [-0.3, -0.25) is 0 Å². The highest BCUT2D eigenvalue weighted by molar-refractivity contribution is 7.09. The number of nitrogens with one attached hydrogen (secondary N) is 1. The predicted octanol–water partition coefficient (Wildman–Crippen LogP) is 3.63. The van der Waals surface area contributed by atoms with Gasteiger partial charge in [0.15, 0.2) is 0 Å². The zero-order valence-corrected chi connectivity index (χ0v) is 12.1. The molecule has 0 unspecified atom stereocenters. The fourth-order valence-electron chi connectivity index (χ4n) is 2.05. The molecule has 0 radical (unpaired) electrons. The average Bonchev–Trinajstić information content (AvgIpc) is 2.89. The van der Waals surface area contributed by atoms with Crippen LogP contribution in [-0.4, -0.2) is 13.6 Å². The molecule has 0 spiro atoms. The molecule has 0 aliphatic carbocycles. The fourth-order valence-corrected chi connectivity index (χ4v) is 2.81. The topological polar surface area (TPSA) is 15.3 Å². The molecular weight excluding hydrogens is 259 g/mol. The molecule has 0 amide bonds. The lowest BCUT2D eigenvalue weighted by Gasteiger charge is -2.22. The molecule has 0 aliphatic heterocycles. The Bertz CT molecular complexity index is 511. The Kier molecular flexibility index (Phi) is 4.93. The molecule has 1 heterocycles. The van der Waals surface area contributed by atoms with Crippen LogP contribution in [0.4, 0.5) is 10.1 Å². The summed E-state index contributed by atoms with van der Waals surface area (Å²) in [6.07, 6.45) is 0. The van der Waals surface area contributed by atoms with Crippen molar-refractivity contribution in [3.8, 4) is 0 Å². The number of nitrogens with zero attached hydrogens (tertiary/aromatic N) is 1. The normalized spacial score (nSPS) is 10.7. The predicted molar refractivity (Wildman–Crippen MR) is 80.2 cm³/mol. The maximum Gasteiger partial charge on any atom is 0.123 e. The van der Waals surface area contributed by atoms with E-state index < -0.39 is 0 Å². The van der Waals surface area contributed by atoms with Gasteiger partial charge in [0.1, 0.15) is 5.82 Å². The van der Waals surface area contributed by atoms with Gasteiger partial charge in [-0.2, -0.15) is 0 Å². The second-order valence-corrected chi connectivity index (χ2v) is 5.52. The highest BCUT2D eigenvalue weighted by atomic mass is 32.1. The maximum absolute atomic E-state index is 13.4. The lowest BCUT2D eigenvalue weighted by Crippen LogP contribution is -2.20. The van der Waals surface area contributed by atoms with Crippen LogP contribution in [0.15, 0.2) is 35.7 Å². The molecular formula is C15H19FN2S. The van der Waals surface area contributed by atoms with E-state index in [-0.39, 0.29) is 5.82 Å². The highest BCUT2D eigenvalue weighted by Gasteiger charge is 2.09.